The van der Waals surface area contributed by atoms with E-state index in [1.165, 1.54) is 0 Å². The summed E-state index contributed by atoms with van der Waals surface area (Å²) < 4.78 is 26.9. The van der Waals surface area contributed by atoms with Crippen molar-refractivity contribution in [2.24, 2.45) is 0 Å². The minimum atomic E-state index is -1.11. The van der Waals surface area contributed by atoms with Gasteiger partial charge in [-0.3, -0.25) is 4.90 Å². The molecule has 0 aliphatic carbocycles. The van der Waals surface area contributed by atoms with E-state index in [1.54, 1.807) is 24.3 Å². The Morgan fingerprint density at radius 1 is 1.15 bits per heavy atom. The SMILES string of the molecule is Cl.[O-][S+](c1ccc(O)cc1)[C@H]1CCN(CC(F)CCc2ccccc2)C1. The van der Waals surface area contributed by atoms with Gasteiger partial charge in [-0.2, -0.15) is 0 Å². The summed E-state index contributed by atoms with van der Waals surface area (Å²) in [6.07, 6.45) is 1.23. The van der Waals surface area contributed by atoms with Gasteiger partial charge in [-0.15, -0.1) is 12.4 Å². The minimum absolute atomic E-state index is 0. The average molecular weight is 398 g/mol. The van der Waals surface area contributed by atoms with Gasteiger partial charge in [0.25, 0.3) is 0 Å². The summed E-state index contributed by atoms with van der Waals surface area (Å²) in [4.78, 5) is 2.81. The average Bonchev–Trinajstić information content (AvgIpc) is 3.09. The molecule has 1 N–H and O–H groups in total. The van der Waals surface area contributed by atoms with Crippen LogP contribution in [0, 0.1) is 0 Å². The molecular formula is C20H25ClFNO2S. The van der Waals surface area contributed by atoms with E-state index in [0.717, 1.165) is 29.8 Å². The van der Waals surface area contributed by atoms with Crippen molar-refractivity contribution in [3.05, 3.63) is 60.2 Å². The minimum Gasteiger partial charge on any atom is -0.611 e. The van der Waals surface area contributed by atoms with Crippen molar-refractivity contribution in [1.82, 2.24) is 4.90 Å². The highest BCUT2D eigenvalue weighted by Crippen LogP contribution is 2.25. The van der Waals surface area contributed by atoms with Crippen LogP contribution in [0.15, 0.2) is 59.5 Å². The lowest BCUT2D eigenvalue weighted by molar-refractivity contribution is 0.211. The van der Waals surface area contributed by atoms with Crippen LogP contribution >= 0.6 is 12.4 Å². The first-order valence-corrected chi connectivity index (χ1v) is 9.93. The molecule has 2 aromatic rings. The number of nitrogens with zero attached hydrogens (tertiary/aromatic N) is 1. The largest absolute Gasteiger partial charge is 0.611 e. The molecule has 1 fully saturated rings. The van der Waals surface area contributed by atoms with Crippen molar-refractivity contribution < 1.29 is 14.0 Å². The third-order valence-corrected chi connectivity index (χ3v) is 6.37. The lowest BCUT2D eigenvalue weighted by Crippen LogP contribution is -2.31. The summed E-state index contributed by atoms with van der Waals surface area (Å²) in [6, 6.07) is 16.5. The summed E-state index contributed by atoms with van der Waals surface area (Å²) in [6.45, 7) is 1.87. The van der Waals surface area contributed by atoms with Crippen molar-refractivity contribution in [1.29, 1.82) is 0 Å². The van der Waals surface area contributed by atoms with Gasteiger partial charge in [-0.1, -0.05) is 30.3 Å². The number of benzene rings is 2. The van der Waals surface area contributed by atoms with E-state index in [2.05, 4.69) is 4.90 Å². The first-order chi connectivity index (χ1) is 12.1. The molecule has 1 heterocycles. The molecule has 1 aliphatic rings. The van der Waals surface area contributed by atoms with Gasteiger partial charge in [0.1, 0.15) is 17.2 Å². The van der Waals surface area contributed by atoms with Gasteiger partial charge in [-0.25, -0.2) is 4.39 Å². The third kappa shape index (κ3) is 5.88. The van der Waals surface area contributed by atoms with E-state index < -0.39 is 17.3 Å². The quantitative estimate of drug-likeness (QED) is 0.719. The predicted octanol–water partition coefficient (Wildman–Crippen LogP) is 3.97. The highest BCUT2D eigenvalue weighted by Gasteiger charge is 2.33. The number of rotatable bonds is 7. The third-order valence-electron chi connectivity index (χ3n) is 4.65. The van der Waals surface area contributed by atoms with Gasteiger partial charge < -0.3 is 9.66 Å². The Labute approximate surface area is 163 Å². The molecule has 2 unspecified atom stereocenters. The fourth-order valence-electron chi connectivity index (χ4n) is 3.25. The van der Waals surface area contributed by atoms with E-state index in [4.69, 9.17) is 0 Å². The number of hydrogen-bond acceptors (Lipinski definition) is 3. The molecule has 0 saturated carbocycles. The van der Waals surface area contributed by atoms with E-state index in [0.29, 0.717) is 19.5 Å². The zero-order chi connectivity index (χ0) is 17.6. The number of likely N-dealkylation sites (tertiary alicyclic amines) is 1. The van der Waals surface area contributed by atoms with E-state index in [9.17, 15) is 14.0 Å². The van der Waals surface area contributed by atoms with Crippen LogP contribution in [-0.4, -0.2) is 45.6 Å². The van der Waals surface area contributed by atoms with Crippen LogP contribution in [0.25, 0.3) is 0 Å². The highest BCUT2D eigenvalue weighted by atomic mass is 35.5. The van der Waals surface area contributed by atoms with Crippen LogP contribution in [0.2, 0.25) is 0 Å². The molecular weight excluding hydrogens is 373 g/mol. The molecule has 0 amide bonds. The highest BCUT2D eigenvalue weighted by molar-refractivity contribution is 7.92. The molecule has 0 aromatic heterocycles. The molecule has 26 heavy (non-hydrogen) atoms. The monoisotopic (exact) mass is 397 g/mol. The fraction of sp³-hybridized carbons (Fsp3) is 0.400. The summed E-state index contributed by atoms with van der Waals surface area (Å²) >= 11 is -1.11. The lowest BCUT2D eigenvalue weighted by Gasteiger charge is -2.20. The van der Waals surface area contributed by atoms with Crippen molar-refractivity contribution in [2.75, 3.05) is 19.6 Å². The number of aryl methyl sites for hydroxylation is 1. The fourth-order valence-corrected chi connectivity index (χ4v) is 4.70. The Bertz CT molecular complexity index is 659. The molecule has 1 aliphatic heterocycles. The van der Waals surface area contributed by atoms with Crippen molar-refractivity contribution in [3.63, 3.8) is 0 Å². The Kier molecular flexibility index (Phi) is 8.22. The molecule has 0 bridgehead atoms. The van der Waals surface area contributed by atoms with Gasteiger partial charge in [0.2, 0.25) is 0 Å². The summed E-state index contributed by atoms with van der Waals surface area (Å²) in [5.74, 6) is 0.174. The first kappa shape index (κ1) is 21.0. The predicted molar refractivity (Wildman–Crippen MR) is 106 cm³/mol. The van der Waals surface area contributed by atoms with Crippen LogP contribution in [0.1, 0.15) is 18.4 Å². The second-order valence-electron chi connectivity index (χ2n) is 6.58. The normalized spacial score (nSPS) is 19.7. The van der Waals surface area contributed by atoms with E-state index >= 15 is 0 Å². The molecule has 2 aromatic carbocycles. The molecule has 1 saturated heterocycles. The zero-order valence-corrected chi connectivity index (χ0v) is 16.2. The number of halogens is 2. The van der Waals surface area contributed by atoms with E-state index in [1.807, 2.05) is 30.3 Å². The van der Waals surface area contributed by atoms with Gasteiger partial charge >= 0.3 is 0 Å². The number of phenols is 1. The smallest absolute Gasteiger partial charge is 0.153 e. The maximum atomic E-state index is 14.3. The van der Waals surface area contributed by atoms with Crippen LogP contribution in [0.5, 0.6) is 5.75 Å². The zero-order valence-electron chi connectivity index (χ0n) is 14.6. The van der Waals surface area contributed by atoms with Crippen molar-refractivity contribution >= 4 is 23.6 Å². The molecule has 3 rings (SSSR count). The molecule has 0 spiro atoms. The lowest BCUT2D eigenvalue weighted by atomic mass is 10.1. The van der Waals surface area contributed by atoms with Gasteiger partial charge in [0, 0.05) is 26.1 Å². The molecule has 142 valence electrons. The van der Waals surface area contributed by atoms with Crippen LogP contribution in [0.4, 0.5) is 4.39 Å². The number of phenolic OH excluding ortho intramolecular Hbond substituents is 1. The number of aromatic hydroxyl groups is 1. The summed E-state index contributed by atoms with van der Waals surface area (Å²) in [5.41, 5.74) is 1.16. The summed E-state index contributed by atoms with van der Waals surface area (Å²) in [7, 11) is 0. The molecule has 3 atom stereocenters. The Morgan fingerprint density at radius 3 is 2.54 bits per heavy atom. The maximum Gasteiger partial charge on any atom is 0.153 e. The van der Waals surface area contributed by atoms with Crippen molar-refractivity contribution in [2.45, 2.75) is 35.6 Å². The first-order valence-electron chi connectivity index (χ1n) is 8.72. The van der Waals surface area contributed by atoms with Gasteiger partial charge in [0.15, 0.2) is 4.90 Å². The van der Waals surface area contributed by atoms with Crippen LogP contribution in [0.3, 0.4) is 0 Å². The maximum absolute atomic E-state index is 14.3. The Morgan fingerprint density at radius 2 is 1.85 bits per heavy atom. The second-order valence-corrected chi connectivity index (χ2v) is 8.32. The van der Waals surface area contributed by atoms with Crippen molar-refractivity contribution in [3.8, 4) is 5.75 Å². The van der Waals surface area contributed by atoms with Gasteiger partial charge in [-0.05, 0) is 53.8 Å². The second kappa shape index (κ2) is 10.2. The molecule has 3 nitrogen and oxygen atoms in total. The van der Waals surface area contributed by atoms with Crippen LogP contribution < -0.4 is 0 Å². The summed E-state index contributed by atoms with van der Waals surface area (Å²) in [5, 5.41) is 9.36. The molecule has 0 radical (unpaired) electrons. The van der Waals surface area contributed by atoms with E-state index in [-0.39, 0.29) is 23.4 Å². The Balaban J connectivity index is 0.00000243. The standard InChI is InChI=1S/C20H24FNO2S.ClH/c21-17(7-6-16-4-2-1-3-5-16)14-22-13-12-20(15-22)25(24)19-10-8-18(23)9-11-19;/h1-5,8-11,17,20,23H,6-7,12-15H2;1H/t17?,20-,25?;/m0./s1. The number of hydrogen-bond donors (Lipinski definition) is 1. The Hall–Kier alpha value is -1.27. The van der Waals surface area contributed by atoms with Gasteiger partial charge in [0.05, 0.1) is 0 Å². The topological polar surface area (TPSA) is 46.5 Å². The molecule has 6 heteroatoms. The van der Waals surface area contributed by atoms with Crippen LogP contribution in [-0.2, 0) is 17.6 Å². The number of alkyl halides is 1.